The number of benzene rings is 1. The quantitative estimate of drug-likeness (QED) is 0.507. The lowest BCUT2D eigenvalue weighted by Gasteiger charge is -2.33. The van der Waals surface area contributed by atoms with Crippen molar-refractivity contribution in [3.05, 3.63) is 80.2 Å². The van der Waals surface area contributed by atoms with Crippen molar-refractivity contribution in [2.45, 2.75) is 25.4 Å². The van der Waals surface area contributed by atoms with Gasteiger partial charge in [-0.15, -0.1) is 0 Å². The van der Waals surface area contributed by atoms with E-state index in [1.54, 1.807) is 9.47 Å². The highest BCUT2D eigenvalue weighted by Gasteiger charge is 2.39. The highest BCUT2D eigenvalue weighted by molar-refractivity contribution is 6.39. The molecule has 1 aromatic carbocycles. The molecule has 0 aliphatic carbocycles. The van der Waals surface area contributed by atoms with E-state index in [4.69, 9.17) is 27.9 Å². The number of pyridine rings is 1. The molecule has 1 fully saturated rings. The van der Waals surface area contributed by atoms with Gasteiger partial charge in [0, 0.05) is 32.0 Å². The summed E-state index contributed by atoms with van der Waals surface area (Å²) < 4.78 is 7.24. The van der Waals surface area contributed by atoms with Gasteiger partial charge in [-0.3, -0.25) is 19.4 Å². The van der Waals surface area contributed by atoms with Gasteiger partial charge in [0.25, 0.3) is 11.8 Å². The fourth-order valence-electron chi connectivity index (χ4n) is 4.77. The predicted octanol–water partition coefficient (Wildman–Crippen LogP) is 3.16. The Balaban J connectivity index is 1.42. The molecular weight excluding hydrogens is 521 g/mol. The Bertz CT molecular complexity index is 1390. The number of nitrogens with zero attached hydrogens (tertiary/aromatic N) is 5. The topological polar surface area (TPSA) is 118 Å². The van der Waals surface area contributed by atoms with Gasteiger partial charge in [0.1, 0.15) is 18.2 Å². The Kier molecular flexibility index (Phi) is 7.03. The SMILES string of the molecule is O=C1c2c(O)c(=O)nc([C@H]3CCCN3C(=O)c3c(Cl)cncc3Cl)n2CCN1CCOc1ccccc1. The molecule has 37 heavy (non-hydrogen) atoms. The Morgan fingerprint density at radius 3 is 2.54 bits per heavy atom. The second-order valence-corrected chi connectivity index (χ2v) is 9.53. The van der Waals surface area contributed by atoms with E-state index in [0.717, 1.165) is 0 Å². The number of likely N-dealkylation sites (tertiary alicyclic amines) is 1. The van der Waals surface area contributed by atoms with Gasteiger partial charge in [0.2, 0.25) is 5.75 Å². The molecule has 2 amide bonds. The zero-order valence-electron chi connectivity index (χ0n) is 19.6. The predicted molar refractivity (Wildman–Crippen MR) is 135 cm³/mol. The molecule has 5 rings (SSSR count). The Morgan fingerprint density at radius 1 is 1.08 bits per heavy atom. The smallest absolute Gasteiger partial charge is 0.315 e. The third-order valence-electron chi connectivity index (χ3n) is 6.52. The summed E-state index contributed by atoms with van der Waals surface area (Å²) in [4.78, 5) is 50.4. The number of ether oxygens (including phenoxy) is 1. The summed E-state index contributed by atoms with van der Waals surface area (Å²) in [6.07, 6.45) is 3.85. The number of fused-ring (bicyclic) bond motifs is 1. The minimum Gasteiger partial charge on any atom is -0.501 e. The monoisotopic (exact) mass is 543 g/mol. The molecule has 1 saturated heterocycles. The van der Waals surface area contributed by atoms with Crippen molar-refractivity contribution in [2.24, 2.45) is 0 Å². The first-order valence-electron chi connectivity index (χ1n) is 11.8. The van der Waals surface area contributed by atoms with E-state index in [2.05, 4.69) is 9.97 Å². The Morgan fingerprint density at radius 2 is 1.81 bits per heavy atom. The summed E-state index contributed by atoms with van der Waals surface area (Å²) in [6.45, 7) is 1.52. The van der Waals surface area contributed by atoms with E-state index >= 15 is 0 Å². The highest BCUT2D eigenvalue weighted by atomic mass is 35.5. The molecular formula is C25H23Cl2N5O5. The zero-order chi connectivity index (χ0) is 26.1. The molecule has 1 atom stereocenters. The summed E-state index contributed by atoms with van der Waals surface area (Å²) in [5.41, 5.74) is -0.942. The van der Waals surface area contributed by atoms with Crippen LogP contribution >= 0.6 is 23.2 Å². The molecule has 2 aliphatic heterocycles. The fraction of sp³-hybridized carbons (Fsp3) is 0.320. The summed E-state index contributed by atoms with van der Waals surface area (Å²) in [7, 11) is 0. The van der Waals surface area contributed by atoms with Gasteiger partial charge in [-0.05, 0) is 25.0 Å². The summed E-state index contributed by atoms with van der Waals surface area (Å²) in [5.74, 6) is -0.703. The molecule has 2 aliphatic rings. The second kappa shape index (κ2) is 10.4. The summed E-state index contributed by atoms with van der Waals surface area (Å²) in [5, 5.41) is 10.8. The van der Waals surface area contributed by atoms with Gasteiger partial charge < -0.3 is 24.2 Å². The van der Waals surface area contributed by atoms with E-state index in [-0.39, 0.29) is 46.8 Å². The van der Waals surface area contributed by atoms with Crippen LogP contribution in [0.25, 0.3) is 0 Å². The molecule has 3 aromatic rings. The van der Waals surface area contributed by atoms with Gasteiger partial charge in [0.05, 0.1) is 28.2 Å². The molecule has 12 heteroatoms. The van der Waals surface area contributed by atoms with Crippen molar-refractivity contribution in [2.75, 3.05) is 26.2 Å². The van der Waals surface area contributed by atoms with Gasteiger partial charge in [-0.2, -0.15) is 4.98 Å². The van der Waals surface area contributed by atoms with Gasteiger partial charge in [-0.25, -0.2) is 0 Å². The molecule has 0 saturated carbocycles. The van der Waals surface area contributed by atoms with Crippen LogP contribution in [0.2, 0.25) is 10.0 Å². The zero-order valence-corrected chi connectivity index (χ0v) is 21.2. The summed E-state index contributed by atoms with van der Waals surface area (Å²) in [6, 6.07) is 8.62. The maximum Gasteiger partial charge on any atom is 0.315 e. The highest BCUT2D eigenvalue weighted by Crippen LogP contribution is 2.36. The van der Waals surface area contributed by atoms with E-state index in [0.29, 0.717) is 31.7 Å². The lowest BCUT2D eigenvalue weighted by Crippen LogP contribution is -2.46. The van der Waals surface area contributed by atoms with Gasteiger partial charge in [0.15, 0.2) is 5.69 Å². The number of halogens is 2. The van der Waals surface area contributed by atoms with Crippen LogP contribution in [0.5, 0.6) is 11.5 Å². The number of carbonyl (C=O) groups is 2. The van der Waals surface area contributed by atoms with Crippen molar-refractivity contribution in [1.82, 2.24) is 24.3 Å². The van der Waals surface area contributed by atoms with Crippen molar-refractivity contribution in [3.63, 3.8) is 0 Å². The molecule has 1 N–H and O–H groups in total. The third kappa shape index (κ3) is 4.74. The second-order valence-electron chi connectivity index (χ2n) is 8.71. The molecule has 0 radical (unpaired) electrons. The van der Waals surface area contributed by atoms with Crippen LogP contribution in [-0.4, -0.2) is 67.5 Å². The molecule has 2 aromatic heterocycles. The summed E-state index contributed by atoms with van der Waals surface area (Å²) >= 11 is 12.4. The van der Waals surface area contributed by atoms with Gasteiger partial charge in [-0.1, -0.05) is 41.4 Å². The van der Waals surface area contributed by atoms with E-state index in [1.165, 1.54) is 17.3 Å². The average molecular weight is 544 g/mol. The molecule has 0 bridgehead atoms. The average Bonchev–Trinajstić information content (AvgIpc) is 3.37. The number of carbonyl (C=O) groups excluding carboxylic acids is 2. The maximum atomic E-state index is 13.4. The number of rotatable bonds is 6. The molecule has 10 nitrogen and oxygen atoms in total. The number of hydrogen-bond donors (Lipinski definition) is 1. The minimum absolute atomic E-state index is 0.115. The van der Waals surface area contributed by atoms with Crippen LogP contribution in [0.3, 0.4) is 0 Å². The number of amides is 2. The lowest BCUT2D eigenvalue weighted by molar-refractivity contribution is 0.0656. The molecule has 4 heterocycles. The number of para-hydroxylation sites is 1. The number of aromatic nitrogens is 3. The van der Waals surface area contributed by atoms with E-state index in [1.807, 2.05) is 30.3 Å². The van der Waals surface area contributed by atoms with Gasteiger partial charge >= 0.3 is 5.56 Å². The molecule has 0 spiro atoms. The maximum absolute atomic E-state index is 13.4. The van der Waals surface area contributed by atoms with Crippen molar-refractivity contribution >= 4 is 35.0 Å². The first kappa shape index (κ1) is 25.0. The van der Waals surface area contributed by atoms with E-state index in [9.17, 15) is 19.5 Å². The Labute approximate surface area is 222 Å². The van der Waals surface area contributed by atoms with Crippen LogP contribution in [-0.2, 0) is 6.54 Å². The largest absolute Gasteiger partial charge is 0.501 e. The van der Waals surface area contributed by atoms with Crippen LogP contribution in [0.1, 0.15) is 45.6 Å². The molecule has 192 valence electrons. The normalized spacial score (nSPS) is 17.1. The standard InChI is InChI=1S/C25H23Cl2N5O5/c26-16-13-28-14-17(27)19(16)24(35)31-8-4-7-18(31)22-29-23(34)21(33)20-25(36)30(9-10-32(20)22)11-12-37-15-5-2-1-3-6-15/h1-3,5-6,13-14,18,33H,4,7-12H2/t18-/m1/s1. The van der Waals surface area contributed by atoms with Crippen molar-refractivity contribution < 1.29 is 19.4 Å². The lowest BCUT2D eigenvalue weighted by atomic mass is 10.1. The van der Waals surface area contributed by atoms with Crippen molar-refractivity contribution in [3.8, 4) is 11.5 Å². The van der Waals surface area contributed by atoms with E-state index < -0.39 is 29.2 Å². The number of hydrogen-bond acceptors (Lipinski definition) is 7. The van der Waals surface area contributed by atoms with Crippen LogP contribution in [0.4, 0.5) is 0 Å². The molecule has 0 unspecified atom stereocenters. The van der Waals surface area contributed by atoms with Crippen LogP contribution in [0, 0.1) is 0 Å². The Hall–Kier alpha value is -3.63. The third-order valence-corrected chi connectivity index (χ3v) is 7.10. The minimum atomic E-state index is -0.920. The first-order valence-corrected chi connectivity index (χ1v) is 12.5. The van der Waals surface area contributed by atoms with Crippen molar-refractivity contribution in [1.29, 1.82) is 0 Å². The first-order chi connectivity index (χ1) is 17.9. The number of aromatic hydroxyl groups is 1. The van der Waals surface area contributed by atoms with Crippen LogP contribution < -0.4 is 10.3 Å². The van der Waals surface area contributed by atoms with Crippen LogP contribution in [0.15, 0.2) is 47.5 Å². The fourth-order valence-corrected chi connectivity index (χ4v) is 5.30.